The summed E-state index contributed by atoms with van der Waals surface area (Å²) < 4.78 is 38.9. The predicted octanol–water partition coefficient (Wildman–Crippen LogP) is 7.74. The zero-order valence-corrected chi connectivity index (χ0v) is 20.9. The van der Waals surface area contributed by atoms with Gasteiger partial charge in [-0.25, -0.2) is 4.98 Å². The third-order valence-corrected chi connectivity index (χ3v) is 7.62. The Balaban J connectivity index is 1.55. The number of halogens is 5. The van der Waals surface area contributed by atoms with Crippen LogP contribution in [0.15, 0.2) is 42.5 Å². The summed E-state index contributed by atoms with van der Waals surface area (Å²) in [6.45, 7) is 2.97. The molecule has 3 heterocycles. The van der Waals surface area contributed by atoms with E-state index < -0.39 is 11.7 Å². The van der Waals surface area contributed by atoms with Gasteiger partial charge in [-0.05, 0) is 61.7 Å². The van der Waals surface area contributed by atoms with Gasteiger partial charge < -0.3 is 10.2 Å². The number of nitrogens with zero attached hydrogens (tertiary/aromatic N) is 4. The van der Waals surface area contributed by atoms with E-state index >= 15 is 0 Å². The number of thiazole rings is 1. The number of fused-ring (bicyclic) bond motifs is 1. The molecule has 1 N–H and O–H groups in total. The summed E-state index contributed by atoms with van der Waals surface area (Å²) in [6, 6.07) is 10.5. The quantitative estimate of drug-likeness (QED) is 0.282. The number of nitrogens with one attached hydrogen (secondary N) is 1. The second kappa shape index (κ2) is 9.44. The second-order valence-electron chi connectivity index (χ2n) is 8.40. The molecular formula is C24H20Cl2F3N5S. The Hall–Kier alpha value is -2.62. The molecule has 1 saturated heterocycles. The molecule has 5 nitrogen and oxygen atoms in total. The predicted molar refractivity (Wildman–Crippen MR) is 135 cm³/mol. The Labute approximate surface area is 213 Å². The zero-order chi connectivity index (χ0) is 24.7. The first-order valence-electron chi connectivity index (χ1n) is 11.0. The summed E-state index contributed by atoms with van der Waals surface area (Å²) in [5.41, 5.74) is 1.08. The lowest BCUT2D eigenvalue weighted by molar-refractivity contribution is -0.137. The van der Waals surface area contributed by atoms with Crippen LogP contribution in [0.5, 0.6) is 0 Å². The molecule has 1 unspecified atom stereocenters. The molecule has 0 bridgehead atoms. The Morgan fingerprint density at radius 3 is 2.40 bits per heavy atom. The number of hydrogen-bond acceptors (Lipinski definition) is 6. The fourth-order valence-electron chi connectivity index (χ4n) is 4.11. The highest BCUT2D eigenvalue weighted by Gasteiger charge is 2.30. The van der Waals surface area contributed by atoms with Gasteiger partial charge in [-0.15, -0.1) is 0 Å². The summed E-state index contributed by atoms with van der Waals surface area (Å²) in [7, 11) is 0. The van der Waals surface area contributed by atoms with Crippen molar-refractivity contribution in [3.8, 4) is 0 Å². The van der Waals surface area contributed by atoms with Gasteiger partial charge in [-0.3, -0.25) is 0 Å². The second-order valence-corrected chi connectivity index (χ2v) is 10.3. The van der Waals surface area contributed by atoms with E-state index in [4.69, 9.17) is 38.2 Å². The number of hydrogen-bond donors (Lipinski definition) is 1. The van der Waals surface area contributed by atoms with Gasteiger partial charge in [0.2, 0.25) is 5.95 Å². The van der Waals surface area contributed by atoms with Crippen LogP contribution < -0.4 is 10.2 Å². The summed E-state index contributed by atoms with van der Waals surface area (Å²) in [5.74, 6) is 1.01. The lowest BCUT2D eigenvalue weighted by atomic mass is 10.1. The van der Waals surface area contributed by atoms with Crippen molar-refractivity contribution in [2.24, 2.45) is 0 Å². The maximum absolute atomic E-state index is 13.0. The van der Waals surface area contributed by atoms with Crippen molar-refractivity contribution in [1.82, 2.24) is 15.0 Å². The SMILES string of the molecule is CC1CCCN1c1nc(Nc2ccc(C(F)(F)F)cc2)c2nc(Cc3c(Cl)cccc3Cl)sc2n1. The van der Waals surface area contributed by atoms with Crippen molar-refractivity contribution in [1.29, 1.82) is 0 Å². The highest BCUT2D eigenvalue weighted by Crippen LogP contribution is 2.35. The van der Waals surface area contributed by atoms with Crippen LogP contribution in [0.4, 0.5) is 30.6 Å². The van der Waals surface area contributed by atoms with Crippen LogP contribution in [0.2, 0.25) is 10.0 Å². The molecule has 1 aliphatic heterocycles. The van der Waals surface area contributed by atoms with Gasteiger partial charge in [0.15, 0.2) is 10.6 Å². The summed E-state index contributed by atoms with van der Waals surface area (Å²) in [4.78, 5) is 17.1. The van der Waals surface area contributed by atoms with Crippen molar-refractivity contribution in [3.05, 3.63) is 68.6 Å². The molecule has 35 heavy (non-hydrogen) atoms. The molecule has 0 spiro atoms. The van der Waals surface area contributed by atoms with Gasteiger partial charge in [-0.2, -0.15) is 23.1 Å². The fraction of sp³-hybridized carbons (Fsp3) is 0.292. The summed E-state index contributed by atoms with van der Waals surface area (Å²) in [5, 5.41) is 5.01. The van der Waals surface area contributed by atoms with Crippen LogP contribution in [0.25, 0.3) is 10.3 Å². The summed E-state index contributed by atoms with van der Waals surface area (Å²) in [6.07, 6.45) is -1.89. The van der Waals surface area contributed by atoms with Crippen molar-refractivity contribution < 1.29 is 13.2 Å². The maximum atomic E-state index is 13.0. The average molecular weight is 538 g/mol. The van der Waals surface area contributed by atoms with Crippen LogP contribution in [-0.2, 0) is 12.6 Å². The molecular weight excluding hydrogens is 518 g/mol. The molecule has 0 radical (unpaired) electrons. The molecule has 1 atom stereocenters. The monoisotopic (exact) mass is 537 g/mol. The molecule has 2 aromatic carbocycles. The van der Waals surface area contributed by atoms with Crippen LogP contribution in [0, 0.1) is 0 Å². The highest BCUT2D eigenvalue weighted by atomic mass is 35.5. The van der Waals surface area contributed by atoms with Crippen LogP contribution >= 0.6 is 34.5 Å². The first-order chi connectivity index (χ1) is 16.7. The minimum atomic E-state index is -4.40. The normalized spacial score (nSPS) is 16.3. The molecule has 2 aromatic heterocycles. The minimum Gasteiger partial charge on any atom is -0.338 e. The van der Waals surface area contributed by atoms with Crippen molar-refractivity contribution in [2.45, 2.75) is 38.4 Å². The van der Waals surface area contributed by atoms with E-state index in [0.29, 0.717) is 50.3 Å². The number of anilines is 3. The topological polar surface area (TPSA) is 53.9 Å². The number of benzene rings is 2. The number of rotatable bonds is 5. The molecule has 1 aliphatic rings. The van der Waals surface area contributed by atoms with E-state index in [1.807, 2.05) is 0 Å². The van der Waals surface area contributed by atoms with Crippen LogP contribution in [0.3, 0.4) is 0 Å². The van der Waals surface area contributed by atoms with Gasteiger partial charge in [0.05, 0.1) is 5.56 Å². The molecule has 0 aliphatic carbocycles. The van der Waals surface area contributed by atoms with E-state index in [-0.39, 0.29) is 0 Å². The smallest absolute Gasteiger partial charge is 0.338 e. The Morgan fingerprint density at radius 1 is 1.06 bits per heavy atom. The minimum absolute atomic E-state index is 0.292. The Kier molecular flexibility index (Phi) is 6.50. The van der Waals surface area contributed by atoms with Gasteiger partial charge >= 0.3 is 6.18 Å². The van der Waals surface area contributed by atoms with E-state index in [0.717, 1.165) is 42.1 Å². The Morgan fingerprint density at radius 2 is 1.77 bits per heavy atom. The maximum Gasteiger partial charge on any atom is 0.416 e. The molecule has 182 valence electrons. The third kappa shape index (κ3) is 5.03. The third-order valence-electron chi connectivity index (χ3n) is 5.97. The lowest BCUT2D eigenvalue weighted by Gasteiger charge is -2.21. The van der Waals surface area contributed by atoms with Gasteiger partial charge in [0, 0.05) is 34.7 Å². The molecule has 11 heteroatoms. The Bertz CT molecular complexity index is 1350. The van der Waals surface area contributed by atoms with Crippen molar-refractivity contribution in [2.75, 3.05) is 16.8 Å². The van der Waals surface area contributed by atoms with E-state index in [2.05, 4.69) is 17.1 Å². The number of alkyl halides is 3. The molecule has 5 rings (SSSR count). The largest absolute Gasteiger partial charge is 0.416 e. The lowest BCUT2D eigenvalue weighted by Crippen LogP contribution is -2.28. The van der Waals surface area contributed by atoms with Crippen molar-refractivity contribution >= 4 is 62.3 Å². The summed E-state index contributed by atoms with van der Waals surface area (Å²) >= 11 is 14.1. The highest BCUT2D eigenvalue weighted by molar-refractivity contribution is 7.18. The number of aromatic nitrogens is 3. The molecule has 0 amide bonds. The van der Waals surface area contributed by atoms with Crippen molar-refractivity contribution in [3.63, 3.8) is 0 Å². The van der Waals surface area contributed by atoms with E-state index in [1.165, 1.54) is 23.5 Å². The zero-order valence-electron chi connectivity index (χ0n) is 18.5. The average Bonchev–Trinajstić information content (AvgIpc) is 3.42. The van der Waals surface area contributed by atoms with E-state index in [1.54, 1.807) is 18.2 Å². The molecule has 0 saturated carbocycles. The first-order valence-corrected chi connectivity index (χ1v) is 12.6. The van der Waals surface area contributed by atoms with Gasteiger partial charge in [-0.1, -0.05) is 40.6 Å². The first kappa shape index (κ1) is 24.1. The molecule has 1 fully saturated rings. The standard InChI is InChI=1S/C24H20Cl2F3N5S/c1-13-4-3-11-34(13)23-32-21(30-15-9-7-14(8-10-15)24(27,28)29)20-22(33-23)35-19(31-20)12-16-17(25)5-2-6-18(16)26/h2,5-10,13H,3-4,11-12H2,1H3,(H,30,32,33). The molecule has 4 aromatic rings. The van der Waals surface area contributed by atoms with Crippen LogP contribution in [0.1, 0.15) is 35.9 Å². The van der Waals surface area contributed by atoms with Gasteiger partial charge in [0.1, 0.15) is 10.5 Å². The van der Waals surface area contributed by atoms with Gasteiger partial charge in [0.25, 0.3) is 0 Å². The van der Waals surface area contributed by atoms with E-state index in [9.17, 15) is 13.2 Å². The van der Waals surface area contributed by atoms with Crippen LogP contribution in [-0.4, -0.2) is 27.5 Å². The fourth-order valence-corrected chi connectivity index (χ4v) is 5.58.